The Kier molecular flexibility index (Phi) is 15.7. The van der Waals surface area contributed by atoms with Crippen molar-refractivity contribution in [2.75, 3.05) is 33.0 Å². The molecule has 0 saturated heterocycles. The summed E-state index contributed by atoms with van der Waals surface area (Å²) < 4.78 is 10.1. The zero-order chi connectivity index (χ0) is 18.8. The van der Waals surface area contributed by atoms with E-state index in [-0.39, 0.29) is 25.5 Å². The first-order chi connectivity index (χ1) is 12.1. The van der Waals surface area contributed by atoms with Crippen LogP contribution in [0.15, 0.2) is 0 Å². The maximum atomic E-state index is 11.5. The summed E-state index contributed by atoms with van der Waals surface area (Å²) >= 11 is 0. The summed E-state index contributed by atoms with van der Waals surface area (Å²) in [5.74, 6) is 4.57. The van der Waals surface area contributed by atoms with Crippen molar-refractivity contribution in [1.82, 2.24) is 10.6 Å². The lowest BCUT2D eigenvalue weighted by atomic mass is 10.1. The summed E-state index contributed by atoms with van der Waals surface area (Å²) in [7, 11) is 0. The lowest BCUT2D eigenvalue weighted by Gasteiger charge is -2.18. The Labute approximate surface area is 149 Å². The summed E-state index contributed by atoms with van der Waals surface area (Å²) in [6.45, 7) is 1.56. The van der Waals surface area contributed by atoms with Gasteiger partial charge in [0, 0.05) is 13.0 Å². The number of terminal acetylenes is 2. The molecule has 2 atom stereocenters. The Morgan fingerprint density at radius 3 is 2.44 bits per heavy atom. The first kappa shape index (κ1) is 23.1. The van der Waals surface area contributed by atoms with E-state index in [4.69, 9.17) is 22.3 Å². The first-order valence-corrected chi connectivity index (χ1v) is 8.32. The molecule has 3 N–H and O–H groups in total. The maximum Gasteiger partial charge on any atom is 0.222 e. The number of aldehydes is 1. The second-order valence-electron chi connectivity index (χ2n) is 5.32. The van der Waals surface area contributed by atoms with E-state index in [2.05, 4.69) is 22.5 Å². The minimum absolute atomic E-state index is 0.0931. The quantitative estimate of drug-likeness (QED) is 0.154. The smallest absolute Gasteiger partial charge is 0.222 e. The van der Waals surface area contributed by atoms with Crippen LogP contribution in [-0.2, 0) is 19.1 Å². The zero-order valence-electron chi connectivity index (χ0n) is 14.5. The number of unbranched alkanes of at least 4 members (excludes halogenated alkanes) is 1. The van der Waals surface area contributed by atoms with Gasteiger partial charge in [0.05, 0.1) is 25.7 Å². The molecule has 0 spiro atoms. The summed E-state index contributed by atoms with van der Waals surface area (Å²) in [6, 6.07) is -0.435. The predicted molar refractivity (Wildman–Crippen MR) is 94.4 cm³/mol. The van der Waals surface area contributed by atoms with E-state index in [9.17, 15) is 14.7 Å². The summed E-state index contributed by atoms with van der Waals surface area (Å²) in [6.07, 6.45) is 12.7. The third-order valence-corrected chi connectivity index (χ3v) is 3.21. The molecule has 0 rings (SSSR count). The van der Waals surface area contributed by atoms with E-state index in [1.54, 1.807) is 0 Å². The molecule has 0 aromatic heterocycles. The molecule has 7 nitrogen and oxygen atoms in total. The van der Waals surface area contributed by atoms with Crippen LogP contribution in [0.4, 0.5) is 0 Å². The Morgan fingerprint density at radius 2 is 1.80 bits per heavy atom. The van der Waals surface area contributed by atoms with Crippen molar-refractivity contribution in [3.8, 4) is 24.7 Å². The molecular weight excluding hydrogens is 324 g/mol. The van der Waals surface area contributed by atoms with Gasteiger partial charge < -0.3 is 24.7 Å². The van der Waals surface area contributed by atoms with Crippen molar-refractivity contribution < 1.29 is 24.2 Å². The molecular formula is C18H28N2O5. The highest BCUT2D eigenvalue weighted by Gasteiger charge is 2.12. The van der Waals surface area contributed by atoms with Crippen LogP contribution in [0, 0.1) is 24.7 Å². The van der Waals surface area contributed by atoms with Gasteiger partial charge >= 0.3 is 0 Å². The number of aliphatic hydroxyl groups is 1. The highest BCUT2D eigenvalue weighted by molar-refractivity contribution is 5.75. The van der Waals surface area contributed by atoms with Gasteiger partial charge in [0.15, 0.2) is 0 Å². The van der Waals surface area contributed by atoms with Crippen LogP contribution in [0.5, 0.6) is 0 Å². The Morgan fingerprint density at radius 1 is 1.12 bits per heavy atom. The highest BCUT2D eigenvalue weighted by Crippen LogP contribution is 2.01. The van der Waals surface area contributed by atoms with Gasteiger partial charge in [-0.1, -0.05) is 11.8 Å². The third kappa shape index (κ3) is 15.4. The van der Waals surface area contributed by atoms with Crippen molar-refractivity contribution in [2.24, 2.45) is 0 Å². The monoisotopic (exact) mass is 352 g/mol. The van der Waals surface area contributed by atoms with Gasteiger partial charge in [0.25, 0.3) is 0 Å². The van der Waals surface area contributed by atoms with Gasteiger partial charge in [-0.3, -0.25) is 10.1 Å². The molecule has 0 radical (unpaired) electrons. The number of carbonyl (C=O) groups excluding carboxylic acids is 2. The van der Waals surface area contributed by atoms with E-state index >= 15 is 0 Å². The van der Waals surface area contributed by atoms with Crippen LogP contribution >= 0.6 is 0 Å². The predicted octanol–water partition coefficient (Wildman–Crippen LogP) is -0.172. The number of ether oxygens (including phenoxy) is 2. The summed E-state index contributed by atoms with van der Waals surface area (Å²) in [5.41, 5.74) is 0. The van der Waals surface area contributed by atoms with Crippen LogP contribution in [0.1, 0.15) is 32.1 Å². The molecule has 140 valence electrons. The van der Waals surface area contributed by atoms with Crippen molar-refractivity contribution in [1.29, 1.82) is 0 Å². The molecule has 0 aromatic carbocycles. The molecule has 0 heterocycles. The average molecular weight is 352 g/mol. The summed E-state index contributed by atoms with van der Waals surface area (Å²) in [4.78, 5) is 22.5. The number of hydrogen-bond donors (Lipinski definition) is 3. The molecule has 0 fully saturated rings. The van der Waals surface area contributed by atoms with Crippen LogP contribution < -0.4 is 10.6 Å². The van der Waals surface area contributed by atoms with Gasteiger partial charge in [0.1, 0.15) is 25.7 Å². The molecule has 1 amide bonds. The molecule has 0 saturated carbocycles. The molecule has 0 aromatic rings. The molecule has 25 heavy (non-hydrogen) atoms. The van der Waals surface area contributed by atoms with Crippen molar-refractivity contribution in [2.45, 2.75) is 44.4 Å². The normalized spacial score (nSPS) is 12.6. The topological polar surface area (TPSA) is 96.9 Å². The van der Waals surface area contributed by atoms with Crippen molar-refractivity contribution >= 4 is 12.2 Å². The second-order valence-corrected chi connectivity index (χ2v) is 5.32. The standard InChI is InChI=1S/C18H28N2O5/c1-3-11-24-13-8-17(22)19-10-6-5-7-16(15-21)20-18(23)9-14-25-12-4-2/h1-2,15-16,18,20,23H,5-14H2,(H,19,22)/t16-,18?/m1/s1. The Balaban J connectivity index is 3.66. The number of carbonyl (C=O) groups is 2. The number of amides is 1. The first-order valence-electron chi connectivity index (χ1n) is 8.32. The number of rotatable bonds is 16. The van der Waals surface area contributed by atoms with E-state index in [0.29, 0.717) is 32.6 Å². The highest BCUT2D eigenvalue weighted by atomic mass is 16.5. The number of nitrogens with one attached hydrogen (secondary N) is 2. The molecule has 0 bridgehead atoms. The van der Waals surface area contributed by atoms with Gasteiger partial charge in [-0.05, 0) is 19.3 Å². The van der Waals surface area contributed by atoms with E-state index in [0.717, 1.165) is 19.1 Å². The van der Waals surface area contributed by atoms with E-state index < -0.39 is 12.3 Å². The molecule has 0 aliphatic carbocycles. The Hall–Kier alpha value is -1.90. The van der Waals surface area contributed by atoms with Crippen LogP contribution in [0.3, 0.4) is 0 Å². The van der Waals surface area contributed by atoms with Gasteiger partial charge in [-0.25, -0.2) is 0 Å². The minimum atomic E-state index is -0.823. The SMILES string of the molecule is C#CCOCCC(=O)NCCCC[C@H](C=O)NC(O)CCOCC#C. The van der Waals surface area contributed by atoms with Crippen molar-refractivity contribution in [3.63, 3.8) is 0 Å². The van der Waals surface area contributed by atoms with Gasteiger partial charge in [-0.2, -0.15) is 0 Å². The number of aliphatic hydroxyl groups excluding tert-OH is 1. The van der Waals surface area contributed by atoms with Crippen LogP contribution in [-0.4, -0.2) is 62.5 Å². The largest absolute Gasteiger partial charge is 0.379 e. The minimum Gasteiger partial charge on any atom is -0.379 e. The maximum absolute atomic E-state index is 11.5. The lowest BCUT2D eigenvalue weighted by Crippen LogP contribution is -2.40. The van der Waals surface area contributed by atoms with E-state index in [1.807, 2.05) is 0 Å². The molecule has 7 heteroatoms. The molecule has 1 unspecified atom stereocenters. The average Bonchev–Trinajstić information content (AvgIpc) is 2.61. The van der Waals surface area contributed by atoms with Gasteiger partial charge in [0.2, 0.25) is 5.91 Å². The fraction of sp³-hybridized carbons (Fsp3) is 0.667. The lowest BCUT2D eigenvalue weighted by molar-refractivity contribution is -0.122. The Bertz CT molecular complexity index is 442. The second kappa shape index (κ2) is 16.9. The zero-order valence-corrected chi connectivity index (χ0v) is 14.5. The fourth-order valence-electron chi connectivity index (χ4n) is 1.95. The molecule has 0 aliphatic rings. The van der Waals surface area contributed by atoms with E-state index in [1.165, 1.54) is 0 Å². The molecule has 0 aliphatic heterocycles. The number of hydrogen-bond acceptors (Lipinski definition) is 6. The fourth-order valence-corrected chi connectivity index (χ4v) is 1.95. The van der Waals surface area contributed by atoms with Gasteiger partial charge in [-0.15, -0.1) is 12.8 Å². The van der Waals surface area contributed by atoms with Crippen LogP contribution in [0.2, 0.25) is 0 Å². The third-order valence-electron chi connectivity index (χ3n) is 3.21. The van der Waals surface area contributed by atoms with Crippen LogP contribution in [0.25, 0.3) is 0 Å². The van der Waals surface area contributed by atoms with Crippen molar-refractivity contribution in [3.05, 3.63) is 0 Å². The summed E-state index contributed by atoms with van der Waals surface area (Å²) in [5, 5.41) is 15.4.